The number of nitrogens with two attached hydrogens (primary N) is 1. The van der Waals surface area contributed by atoms with Gasteiger partial charge < -0.3 is 10.8 Å². The summed E-state index contributed by atoms with van der Waals surface area (Å²) in [6.45, 7) is 19.0. The third-order valence-electron chi connectivity index (χ3n) is 7.72. The Morgan fingerprint density at radius 3 is 2.06 bits per heavy atom. The molecular weight excluding hydrogens is 402 g/mol. The van der Waals surface area contributed by atoms with E-state index < -0.39 is 5.60 Å². The third kappa shape index (κ3) is 4.75. The molecule has 2 unspecified atom stereocenters. The van der Waals surface area contributed by atoms with Crippen molar-refractivity contribution in [2.24, 2.45) is 17.1 Å². The van der Waals surface area contributed by atoms with Crippen molar-refractivity contribution in [1.29, 1.82) is 0 Å². The molecule has 1 aromatic heterocycles. The molecular formula is C27H41NO2S. The molecule has 0 aliphatic rings. The lowest BCUT2D eigenvalue weighted by Gasteiger charge is -2.42. The number of thiophene rings is 1. The Kier molecular flexibility index (Phi) is 7.49. The van der Waals surface area contributed by atoms with Crippen LogP contribution in [0.1, 0.15) is 98.1 Å². The highest BCUT2D eigenvalue weighted by molar-refractivity contribution is 7.14. The van der Waals surface area contributed by atoms with Crippen molar-refractivity contribution in [3.8, 4) is 0 Å². The van der Waals surface area contributed by atoms with E-state index in [0.29, 0.717) is 4.88 Å². The largest absolute Gasteiger partial charge is 0.389 e. The van der Waals surface area contributed by atoms with Gasteiger partial charge in [0.15, 0.2) is 0 Å². The maximum atomic E-state index is 11.8. The minimum atomic E-state index is -0.756. The number of rotatable bonds is 8. The van der Waals surface area contributed by atoms with Gasteiger partial charge in [-0.15, -0.1) is 11.3 Å². The van der Waals surface area contributed by atoms with Gasteiger partial charge in [0.25, 0.3) is 5.91 Å². The summed E-state index contributed by atoms with van der Waals surface area (Å²) in [5.41, 5.74) is 9.31. The SMILES string of the molecule is CCC(CC)(c1ccc(CC(C)C(C)(O)C(C)(C)C)c(C)c1)c1cc(C)c(C(N)=O)s1. The standard InChI is InChI=1S/C27H41NO2S/c1-10-27(11-2,22-15-18(4)23(31-22)24(28)29)21-13-12-20(17(3)14-21)16-19(5)26(9,30)25(6,7)8/h12-15,19,30H,10-11,16H2,1-9H3,(H2,28,29). The number of carbonyl (C=O) groups is 1. The summed E-state index contributed by atoms with van der Waals surface area (Å²) in [5.74, 6) is -0.210. The van der Waals surface area contributed by atoms with Crippen molar-refractivity contribution in [1.82, 2.24) is 0 Å². The van der Waals surface area contributed by atoms with Crippen LogP contribution in [-0.4, -0.2) is 16.6 Å². The van der Waals surface area contributed by atoms with Gasteiger partial charge in [0.05, 0.1) is 10.5 Å². The number of carbonyl (C=O) groups excluding carboxylic acids is 1. The molecule has 0 aliphatic carbocycles. The first-order valence-corrected chi connectivity index (χ1v) is 12.3. The summed E-state index contributed by atoms with van der Waals surface area (Å²) in [7, 11) is 0. The van der Waals surface area contributed by atoms with Gasteiger partial charge in [-0.2, -0.15) is 0 Å². The van der Waals surface area contributed by atoms with E-state index in [1.54, 1.807) is 0 Å². The van der Waals surface area contributed by atoms with Crippen LogP contribution in [0.2, 0.25) is 0 Å². The highest BCUT2D eigenvalue weighted by Crippen LogP contribution is 2.44. The summed E-state index contributed by atoms with van der Waals surface area (Å²) in [4.78, 5) is 13.7. The monoisotopic (exact) mass is 443 g/mol. The van der Waals surface area contributed by atoms with Crippen LogP contribution in [0.5, 0.6) is 0 Å². The van der Waals surface area contributed by atoms with E-state index in [9.17, 15) is 9.90 Å². The molecule has 2 rings (SSSR count). The first-order chi connectivity index (χ1) is 14.2. The second-order valence-corrected chi connectivity index (χ2v) is 11.5. The van der Waals surface area contributed by atoms with Crippen LogP contribution >= 0.6 is 11.3 Å². The smallest absolute Gasteiger partial charge is 0.259 e. The maximum absolute atomic E-state index is 11.8. The summed E-state index contributed by atoms with van der Waals surface area (Å²) in [5, 5.41) is 11.1. The molecule has 0 aliphatic heterocycles. The number of aryl methyl sites for hydroxylation is 2. The van der Waals surface area contributed by atoms with Crippen LogP contribution in [0.25, 0.3) is 0 Å². The minimum Gasteiger partial charge on any atom is -0.389 e. The van der Waals surface area contributed by atoms with Crippen molar-refractivity contribution < 1.29 is 9.90 Å². The maximum Gasteiger partial charge on any atom is 0.259 e. The molecule has 1 aromatic carbocycles. The highest BCUT2D eigenvalue weighted by Gasteiger charge is 2.40. The van der Waals surface area contributed by atoms with Crippen molar-refractivity contribution in [2.45, 2.75) is 92.6 Å². The van der Waals surface area contributed by atoms with E-state index in [0.717, 1.165) is 24.8 Å². The molecule has 172 valence electrons. The number of benzene rings is 1. The minimum absolute atomic E-state index is 0.130. The molecule has 4 heteroatoms. The van der Waals surface area contributed by atoms with Gasteiger partial charge in [-0.05, 0) is 79.7 Å². The zero-order valence-corrected chi connectivity index (χ0v) is 21.7. The van der Waals surface area contributed by atoms with Crippen molar-refractivity contribution in [3.05, 3.63) is 56.3 Å². The lowest BCUT2D eigenvalue weighted by molar-refractivity contribution is -0.0836. The predicted molar refractivity (Wildman–Crippen MR) is 133 cm³/mol. The first kappa shape index (κ1) is 25.6. The number of primary amides is 1. The summed E-state index contributed by atoms with van der Waals surface area (Å²) in [6.07, 6.45) is 2.75. The third-order valence-corrected chi connectivity index (χ3v) is 9.18. The number of hydrogen-bond donors (Lipinski definition) is 2. The summed E-state index contributed by atoms with van der Waals surface area (Å²) < 4.78 is 0. The topological polar surface area (TPSA) is 63.3 Å². The lowest BCUT2D eigenvalue weighted by Crippen LogP contribution is -2.46. The van der Waals surface area contributed by atoms with E-state index in [1.165, 1.54) is 32.9 Å². The quantitative estimate of drug-likeness (QED) is 0.486. The molecule has 0 saturated carbocycles. The van der Waals surface area contributed by atoms with Crippen LogP contribution in [-0.2, 0) is 11.8 Å². The van der Waals surface area contributed by atoms with Gasteiger partial charge in [0.2, 0.25) is 0 Å². The van der Waals surface area contributed by atoms with E-state index in [4.69, 9.17) is 5.73 Å². The number of aliphatic hydroxyl groups is 1. The van der Waals surface area contributed by atoms with Crippen LogP contribution in [0, 0.1) is 25.2 Å². The Morgan fingerprint density at radius 1 is 1.06 bits per heavy atom. The van der Waals surface area contributed by atoms with Gasteiger partial charge in [-0.25, -0.2) is 0 Å². The Bertz CT molecular complexity index is 929. The molecule has 31 heavy (non-hydrogen) atoms. The van der Waals surface area contributed by atoms with Gasteiger partial charge in [-0.3, -0.25) is 4.79 Å². The van der Waals surface area contributed by atoms with Crippen LogP contribution < -0.4 is 5.73 Å². The molecule has 1 heterocycles. The van der Waals surface area contributed by atoms with E-state index in [1.807, 2.05) is 13.8 Å². The normalized spacial score (nSPS) is 15.5. The second kappa shape index (κ2) is 9.07. The Labute approximate surface area is 193 Å². The zero-order chi connectivity index (χ0) is 23.8. The molecule has 3 N–H and O–H groups in total. The Balaban J connectivity index is 2.45. The Hall–Kier alpha value is -1.65. The molecule has 0 spiro atoms. The molecule has 0 bridgehead atoms. The van der Waals surface area contributed by atoms with Crippen molar-refractivity contribution in [3.63, 3.8) is 0 Å². The predicted octanol–water partition coefficient (Wildman–Crippen LogP) is 6.55. The summed E-state index contributed by atoms with van der Waals surface area (Å²) in [6, 6.07) is 8.92. The number of hydrogen-bond acceptors (Lipinski definition) is 3. The fourth-order valence-corrected chi connectivity index (χ4v) is 5.98. The molecule has 0 radical (unpaired) electrons. The highest BCUT2D eigenvalue weighted by atomic mass is 32.1. The fraction of sp³-hybridized carbons (Fsp3) is 0.593. The average Bonchev–Trinajstić information content (AvgIpc) is 3.06. The molecule has 3 nitrogen and oxygen atoms in total. The molecule has 2 aromatic rings. The van der Waals surface area contributed by atoms with Gasteiger partial charge >= 0.3 is 0 Å². The first-order valence-electron chi connectivity index (χ1n) is 11.4. The van der Waals surface area contributed by atoms with Crippen LogP contribution in [0.4, 0.5) is 0 Å². The number of amides is 1. The molecule has 1 amide bonds. The zero-order valence-electron chi connectivity index (χ0n) is 20.8. The van der Waals surface area contributed by atoms with E-state index >= 15 is 0 Å². The summed E-state index contributed by atoms with van der Waals surface area (Å²) >= 11 is 1.54. The van der Waals surface area contributed by atoms with Gasteiger partial charge in [0.1, 0.15) is 0 Å². The molecule has 0 saturated heterocycles. The van der Waals surface area contributed by atoms with Crippen LogP contribution in [0.15, 0.2) is 24.3 Å². The molecule has 0 fully saturated rings. The van der Waals surface area contributed by atoms with Crippen molar-refractivity contribution >= 4 is 17.2 Å². The van der Waals surface area contributed by atoms with Gasteiger partial charge in [-0.1, -0.05) is 59.7 Å². The van der Waals surface area contributed by atoms with E-state index in [-0.39, 0.29) is 22.7 Å². The fourth-order valence-electron chi connectivity index (χ4n) is 4.60. The van der Waals surface area contributed by atoms with Crippen molar-refractivity contribution in [2.75, 3.05) is 0 Å². The van der Waals surface area contributed by atoms with Gasteiger partial charge in [0, 0.05) is 10.3 Å². The van der Waals surface area contributed by atoms with Crippen LogP contribution in [0.3, 0.4) is 0 Å². The second-order valence-electron chi connectivity index (χ2n) is 10.4. The molecule has 2 atom stereocenters. The average molecular weight is 444 g/mol. The lowest BCUT2D eigenvalue weighted by atomic mass is 9.68. The Morgan fingerprint density at radius 2 is 1.65 bits per heavy atom. The van der Waals surface area contributed by atoms with E-state index in [2.05, 4.69) is 72.7 Å².